The zero-order valence-electron chi connectivity index (χ0n) is 12.7. The standard InChI is InChI=1S/C16H23N3OS/c1-9-10(2)21-15(17-9)18-14(20)19-16-6-11-3-12(7-16)5-13(4-11)8-16/h11-13H,3-8H2,1-2H3,(H2,17,18,19,20). The van der Waals surface area contributed by atoms with Crippen LogP contribution in [0.3, 0.4) is 0 Å². The van der Waals surface area contributed by atoms with E-state index in [2.05, 4.69) is 15.6 Å². The first-order valence-electron chi connectivity index (χ1n) is 8.04. The lowest BCUT2D eigenvalue weighted by Gasteiger charge is -2.56. The first-order chi connectivity index (χ1) is 10.0. The summed E-state index contributed by atoms with van der Waals surface area (Å²) >= 11 is 1.55. The Morgan fingerprint density at radius 3 is 2.19 bits per heavy atom. The van der Waals surface area contributed by atoms with Crippen molar-refractivity contribution in [3.63, 3.8) is 0 Å². The molecule has 4 nitrogen and oxygen atoms in total. The van der Waals surface area contributed by atoms with E-state index in [4.69, 9.17) is 0 Å². The molecule has 21 heavy (non-hydrogen) atoms. The van der Waals surface area contributed by atoms with Crippen LogP contribution in [0.25, 0.3) is 0 Å². The molecule has 0 saturated heterocycles. The number of hydrogen-bond donors (Lipinski definition) is 2. The number of amides is 2. The van der Waals surface area contributed by atoms with Crippen LogP contribution in [0.1, 0.15) is 49.1 Å². The fraction of sp³-hybridized carbons (Fsp3) is 0.750. The highest BCUT2D eigenvalue weighted by Gasteiger charge is 2.51. The number of nitrogens with zero attached hydrogens (tertiary/aromatic N) is 1. The molecule has 1 aromatic heterocycles. The molecule has 0 aliphatic heterocycles. The topological polar surface area (TPSA) is 54.0 Å². The number of aryl methyl sites for hydroxylation is 2. The molecule has 1 heterocycles. The van der Waals surface area contributed by atoms with E-state index in [-0.39, 0.29) is 11.6 Å². The van der Waals surface area contributed by atoms with E-state index >= 15 is 0 Å². The van der Waals surface area contributed by atoms with Gasteiger partial charge >= 0.3 is 6.03 Å². The van der Waals surface area contributed by atoms with Crippen molar-refractivity contribution in [2.45, 2.75) is 57.9 Å². The molecule has 4 aliphatic carbocycles. The van der Waals surface area contributed by atoms with Crippen molar-refractivity contribution in [1.82, 2.24) is 10.3 Å². The van der Waals surface area contributed by atoms with Gasteiger partial charge in [0.25, 0.3) is 0 Å². The molecule has 5 rings (SSSR count). The van der Waals surface area contributed by atoms with Crippen molar-refractivity contribution in [2.75, 3.05) is 5.32 Å². The Hall–Kier alpha value is -1.10. The Labute approximate surface area is 129 Å². The van der Waals surface area contributed by atoms with Crippen LogP contribution in [0, 0.1) is 31.6 Å². The van der Waals surface area contributed by atoms with E-state index in [1.165, 1.54) is 43.4 Å². The van der Waals surface area contributed by atoms with Gasteiger partial charge in [-0.3, -0.25) is 5.32 Å². The van der Waals surface area contributed by atoms with Gasteiger partial charge in [-0.1, -0.05) is 0 Å². The van der Waals surface area contributed by atoms with Crippen LogP contribution in [0.2, 0.25) is 0 Å². The van der Waals surface area contributed by atoms with Gasteiger partial charge < -0.3 is 5.32 Å². The Bertz CT molecular complexity index is 525. The molecule has 4 bridgehead atoms. The molecule has 114 valence electrons. The minimum absolute atomic E-state index is 0.0642. The number of carbonyl (C=O) groups is 1. The first-order valence-corrected chi connectivity index (χ1v) is 8.86. The number of aromatic nitrogens is 1. The van der Waals surface area contributed by atoms with Gasteiger partial charge in [-0.25, -0.2) is 9.78 Å². The largest absolute Gasteiger partial charge is 0.332 e. The lowest BCUT2D eigenvalue weighted by Crippen LogP contribution is -2.60. The highest BCUT2D eigenvalue weighted by molar-refractivity contribution is 7.15. The van der Waals surface area contributed by atoms with Crippen LogP contribution in [-0.2, 0) is 0 Å². The molecule has 0 aromatic carbocycles. The average Bonchev–Trinajstić information content (AvgIpc) is 2.64. The van der Waals surface area contributed by atoms with E-state index in [9.17, 15) is 4.79 Å². The van der Waals surface area contributed by atoms with E-state index < -0.39 is 0 Å². The predicted octanol–water partition coefficient (Wildman–Crippen LogP) is 3.85. The monoisotopic (exact) mass is 305 g/mol. The number of thiazole rings is 1. The first kappa shape index (κ1) is 13.6. The smallest absolute Gasteiger partial charge is 0.321 e. The number of rotatable bonds is 2. The highest BCUT2D eigenvalue weighted by Crippen LogP contribution is 2.55. The van der Waals surface area contributed by atoms with E-state index in [0.29, 0.717) is 5.13 Å². The molecule has 0 spiro atoms. The van der Waals surface area contributed by atoms with Crippen molar-refractivity contribution in [3.8, 4) is 0 Å². The summed E-state index contributed by atoms with van der Waals surface area (Å²) in [6.45, 7) is 4.02. The zero-order valence-corrected chi connectivity index (χ0v) is 13.6. The van der Waals surface area contributed by atoms with Gasteiger partial charge in [-0.2, -0.15) is 0 Å². The molecule has 5 heteroatoms. The van der Waals surface area contributed by atoms with E-state index in [1.807, 2.05) is 13.8 Å². The summed E-state index contributed by atoms with van der Waals surface area (Å²) < 4.78 is 0. The molecular formula is C16H23N3OS. The minimum Gasteiger partial charge on any atom is -0.332 e. The minimum atomic E-state index is -0.0642. The number of anilines is 1. The third-order valence-electron chi connectivity index (χ3n) is 5.67. The maximum atomic E-state index is 12.4. The zero-order chi connectivity index (χ0) is 14.6. The molecule has 2 amide bonds. The van der Waals surface area contributed by atoms with Crippen LogP contribution in [0.4, 0.5) is 9.93 Å². The van der Waals surface area contributed by atoms with E-state index in [0.717, 1.165) is 23.4 Å². The van der Waals surface area contributed by atoms with Gasteiger partial charge in [0.2, 0.25) is 0 Å². The van der Waals surface area contributed by atoms with Gasteiger partial charge in [0.1, 0.15) is 0 Å². The third kappa shape index (κ3) is 2.45. The predicted molar refractivity (Wildman–Crippen MR) is 84.6 cm³/mol. The molecule has 4 aliphatic rings. The second-order valence-electron chi connectivity index (χ2n) is 7.44. The molecule has 4 fully saturated rings. The quantitative estimate of drug-likeness (QED) is 0.872. The summed E-state index contributed by atoms with van der Waals surface area (Å²) in [5.74, 6) is 2.54. The Balaban J connectivity index is 1.44. The summed E-state index contributed by atoms with van der Waals surface area (Å²) in [4.78, 5) is 17.9. The number of nitrogens with one attached hydrogen (secondary N) is 2. The molecule has 2 N–H and O–H groups in total. The maximum absolute atomic E-state index is 12.4. The summed E-state index contributed by atoms with van der Waals surface area (Å²) in [7, 11) is 0. The molecule has 1 aromatic rings. The van der Waals surface area contributed by atoms with E-state index in [1.54, 1.807) is 11.3 Å². The Morgan fingerprint density at radius 1 is 1.14 bits per heavy atom. The summed E-state index contributed by atoms with van der Waals surface area (Å²) in [6.07, 6.45) is 7.74. The lowest BCUT2D eigenvalue weighted by atomic mass is 9.53. The molecule has 0 unspecified atom stereocenters. The van der Waals surface area contributed by atoms with Crippen LogP contribution in [0.5, 0.6) is 0 Å². The Kier molecular flexibility index (Phi) is 3.03. The second kappa shape index (κ2) is 4.70. The maximum Gasteiger partial charge on any atom is 0.321 e. The van der Waals surface area contributed by atoms with Gasteiger partial charge in [0, 0.05) is 10.4 Å². The summed E-state index contributed by atoms with van der Waals surface area (Å²) in [5, 5.41) is 6.97. The van der Waals surface area contributed by atoms with Gasteiger partial charge in [-0.15, -0.1) is 11.3 Å². The van der Waals surface area contributed by atoms with Crippen LogP contribution in [0.15, 0.2) is 0 Å². The van der Waals surface area contributed by atoms with Crippen molar-refractivity contribution in [1.29, 1.82) is 0 Å². The fourth-order valence-corrected chi connectivity index (χ4v) is 5.97. The third-order valence-corrected chi connectivity index (χ3v) is 6.65. The molecule has 0 radical (unpaired) electrons. The number of hydrogen-bond acceptors (Lipinski definition) is 3. The van der Waals surface area contributed by atoms with Gasteiger partial charge in [0.15, 0.2) is 5.13 Å². The highest BCUT2D eigenvalue weighted by atomic mass is 32.1. The van der Waals surface area contributed by atoms with Crippen molar-refractivity contribution in [2.24, 2.45) is 17.8 Å². The molecule has 4 saturated carbocycles. The fourth-order valence-electron chi connectivity index (χ4n) is 5.16. The van der Waals surface area contributed by atoms with Crippen molar-refractivity contribution < 1.29 is 4.79 Å². The SMILES string of the molecule is Cc1nc(NC(=O)NC23CC4CC(CC(C4)C2)C3)sc1C. The molecular weight excluding hydrogens is 282 g/mol. The lowest BCUT2D eigenvalue weighted by molar-refractivity contribution is -0.0127. The Morgan fingerprint density at radius 2 is 1.71 bits per heavy atom. The average molecular weight is 305 g/mol. The number of urea groups is 1. The van der Waals surface area contributed by atoms with Crippen molar-refractivity contribution in [3.05, 3.63) is 10.6 Å². The number of carbonyl (C=O) groups excluding carboxylic acids is 1. The normalized spacial score (nSPS) is 36.8. The summed E-state index contributed by atoms with van der Waals surface area (Å²) in [5.41, 5.74) is 1.07. The summed E-state index contributed by atoms with van der Waals surface area (Å²) in [6, 6.07) is -0.0642. The van der Waals surface area contributed by atoms with Crippen LogP contribution >= 0.6 is 11.3 Å². The van der Waals surface area contributed by atoms with Crippen LogP contribution in [-0.4, -0.2) is 16.6 Å². The van der Waals surface area contributed by atoms with Crippen LogP contribution < -0.4 is 10.6 Å². The van der Waals surface area contributed by atoms with Gasteiger partial charge in [-0.05, 0) is 70.1 Å². The molecule has 0 atom stereocenters. The second-order valence-corrected chi connectivity index (χ2v) is 8.64. The van der Waals surface area contributed by atoms with Crippen molar-refractivity contribution >= 4 is 22.5 Å². The van der Waals surface area contributed by atoms with Gasteiger partial charge in [0.05, 0.1) is 5.69 Å².